The fourth-order valence-corrected chi connectivity index (χ4v) is 3.55. The highest BCUT2D eigenvalue weighted by Crippen LogP contribution is 2.26. The minimum absolute atomic E-state index is 0.0765. The van der Waals surface area contributed by atoms with Crippen molar-refractivity contribution in [3.8, 4) is 0 Å². The van der Waals surface area contributed by atoms with Gasteiger partial charge in [0.15, 0.2) is 0 Å². The first-order valence-electron chi connectivity index (χ1n) is 8.70. The summed E-state index contributed by atoms with van der Waals surface area (Å²) in [7, 11) is 0. The van der Waals surface area contributed by atoms with E-state index in [1.165, 1.54) is 0 Å². The first-order valence-corrected chi connectivity index (χ1v) is 8.70. The van der Waals surface area contributed by atoms with Gasteiger partial charge in [0.1, 0.15) is 0 Å². The van der Waals surface area contributed by atoms with Gasteiger partial charge in [0.05, 0.1) is 0 Å². The smallest absolute Gasteiger partial charge is 0.321 e. The lowest BCUT2D eigenvalue weighted by Crippen LogP contribution is -2.52. The van der Waals surface area contributed by atoms with Gasteiger partial charge in [-0.15, -0.1) is 0 Å². The summed E-state index contributed by atoms with van der Waals surface area (Å²) in [6.07, 6.45) is 2.64. The maximum absolute atomic E-state index is 12.5. The first kappa shape index (κ1) is 16.8. The molecule has 2 fully saturated rings. The molecule has 0 radical (unpaired) electrons. The second-order valence-electron chi connectivity index (χ2n) is 6.88. The summed E-state index contributed by atoms with van der Waals surface area (Å²) in [5.41, 5.74) is 7.82. The van der Waals surface area contributed by atoms with Crippen molar-refractivity contribution in [1.29, 1.82) is 0 Å². The van der Waals surface area contributed by atoms with E-state index in [-0.39, 0.29) is 23.9 Å². The van der Waals surface area contributed by atoms with E-state index >= 15 is 0 Å². The maximum Gasteiger partial charge on any atom is 0.321 e. The van der Waals surface area contributed by atoms with E-state index in [2.05, 4.69) is 5.32 Å². The Balaban J connectivity index is 1.49. The zero-order valence-corrected chi connectivity index (χ0v) is 14.2. The summed E-state index contributed by atoms with van der Waals surface area (Å²) < 4.78 is 0. The predicted molar refractivity (Wildman–Crippen MR) is 93.7 cm³/mol. The molecule has 1 aromatic carbocycles. The Morgan fingerprint density at radius 1 is 1.12 bits per heavy atom. The second kappa shape index (κ2) is 7.21. The average Bonchev–Trinajstić information content (AvgIpc) is 3.01. The van der Waals surface area contributed by atoms with Gasteiger partial charge in [0.25, 0.3) is 0 Å². The number of hydrogen-bond donors (Lipinski definition) is 2. The number of urea groups is 1. The van der Waals surface area contributed by atoms with Crippen LogP contribution in [0.15, 0.2) is 24.3 Å². The van der Waals surface area contributed by atoms with Crippen LogP contribution in [0.5, 0.6) is 0 Å². The number of hydrogen-bond acceptors (Lipinski definition) is 3. The zero-order valence-electron chi connectivity index (χ0n) is 14.2. The SMILES string of the molecule is Cc1cccc(NC(=O)N2CCN(C(=O)[C@@H]3CC[C@H](N)C3)CC2)c1. The number of amides is 3. The Kier molecular flexibility index (Phi) is 5.04. The van der Waals surface area contributed by atoms with Crippen molar-refractivity contribution in [2.75, 3.05) is 31.5 Å². The number of piperazine rings is 1. The van der Waals surface area contributed by atoms with Crippen molar-refractivity contribution in [3.63, 3.8) is 0 Å². The fourth-order valence-electron chi connectivity index (χ4n) is 3.55. The van der Waals surface area contributed by atoms with Crippen LogP contribution in [0.25, 0.3) is 0 Å². The molecule has 24 heavy (non-hydrogen) atoms. The number of rotatable bonds is 2. The molecule has 6 heteroatoms. The lowest BCUT2D eigenvalue weighted by molar-refractivity contribution is -0.136. The molecule has 2 aliphatic rings. The number of aryl methyl sites for hydroxylation is 1. The lowest BCUT2D eigenvalue weighted by atomic mass is 10.1. The Morgan fingerprint density at radius 3 is 2.46 bits per heavy atom. The standard InChI is InChI=1S/C18H26N4O2/c1-13-3-2-4-16(11-13)20-18(24)22-9-7-21(8-10-22)17(23)14-5-6-15(19)12-14/h2-4,11,14-15H,5-10,12,19H2,1H3,(H,20,24)/t14-,15+/m1/s1. The van der Waals surface area contributed by atoms with E-state index in [4.69, 9.17) is 5.73 Å². The van der Waals surface area contributed by atoms with Gasteiger partial charge in [0, 0.05) is 43.8 Å². The number of carbonyl (C=O) groups excluding carboxylic acids is 2. The molecule has 1 aliphatic heterocycles. The largest absolute Gasteiger partial charge is 0.339 e. The molecule has 0 aromatic heterocycles. The third-order valence-corrected chi connectivity index (χ3v) is 4.97. The number of nitrogens with two attached hydrogens (primary N) is 1. The minimum atomic E-state index is -0.101. The van der Waals surface area contributed by atoms with Crippen molar-refractivity contribution < 1.29 is 9.59 Å². The third kappa shape index (κ3) is 3.87. The monoisotopic (exact) mass is 330 g/mol. The summed E-state index contributed by atoms with van der Waals surface area (Å²) in [5, 5.41) is 2.92. The summed E-state index contributed by atoms with van der Waals surface area (Å²) in [6.45, 7) is 4.34. The van der Waals surface area contributed by atoms with Crippen LogP contribution in [-0.2, 0) is 4.79 Å². The summed E-state index contributed by atoms with van der Waals surface area (Å²) in [5.74, 6) is 0.286. The summed E-state index contributed by atoms with van der Waals surface area (Å²) in [4.78, 5) is 28.5. The van der Waals surface area contributed by atoms with Gasteiger partial charge in [0.2, 0.25) is 5.91 Å². The molecule has 0 unspecified atom stereocenters. The highest BCUT2D eigenvalue weighted by atomic mass is 16.2. The quantitative estimate of drug-likeness (QED) is 0.868. The molecule has 2 atom stereocenters. The van der Waals surface area contributed by atoms with Crippen molar-refractivity contribution in [3.05, 3.63) is 29.8 Å². The number of nitrogens with one attached hydrogen (secondary N) is 1. The average molecular weight is 330 g/mol. The van der Waals surface area contributed by atoms with Crippen LogP contribution in [0.3, 0.4) is 0 Å². The van der Waals surface area contributed by atoms with Gasteiger partial charge in [-0.05, 0) is 43.9 Å². The van der Waals surface area contributed by atoms with Gasteiger partial charge < -0.3 is 20.9 Å². The Labute approximate surface area is 143 Å². The molecule has 130 valence electrons. The molecule has 0 bridgehead atoms. The van der Waals surface area contributed by atoms with E-state index in [9.17, 15) is 9.59 Å². The van der Waals surface area contributed by atoms with Crippen LogP contribution < -0.4 is 11.1 Å². The predicted octanol–water partition coefficient (Wildman–Crippen LogP) is 1.80. The van der Waals surface area contributed by atoms with E-state index in [1.54, 1.807) is 4.90 Å². The molecule has 3 N–H and O–H groups in total. The molecule has 6 nitrogen and oxygen atoms in total. The molecule has 1 heterocycles. The minimum Gasteiger partial charge on any atom is -0.339 e. The maximum atomic E-state index is 12.5. The Morgan fingerprint density at radius 2 is 1.83 bits per heavy atom. The number of benzene rings is 1. The fraction of sp³-hybridized carbons (Fsp3) is 0.556. The van der Waals surface area contributed by atoms with E-state index in [1.807, 2.05) is 36.1 Å². The van der Waals surface area contributed by atoms with Gasteiger partial charge in [-0.1, -0.05) is 12.1 Å². The van der Waals surface area contributed by atoms with Gasteiger partial charge >= 0.3 is 6.03 Å². The zero-order chi connectivity index (χ0) is 17.1. The summed E-state index contributed by atoms with van der Waals surface area (Å²) >= 11 is 0. The molecule has 1 saturated heterocycles. The Hall–Kier alpha value is -2.08. The second-order valence-corrected chi connectivity index (χ2v) is 6.88. The van der Waals surface area contributed by atoms with Crippen LogP contribution in [0.1, 0.15) is 24.8 Å². The molecular formula is C18H26N4O2. The molecule has 3 amide bonds. The summed E-state index contributed by atoms with van der Waals surface area (Å²) in [6, 6.07) is 7.81. The van der Waals surface area contributed by atoms with Crippen LogP contribution in [0.2, 0.25) is 0 Å². The van der Waals surface area contributed by atoms with Gasteiger partial charge in [-0.25, -0.2) is 4.79 Å². The van der Waals surface area contributed by atoms with E-state index < -0.39 is 0 Å². The van der Waals surface area contributed by atoms with Crippen molar-refractivity contribution in [2.24, 2.45) is 11.7 Å². The van der Waals surface area contributed by atoms with Crippen LogP contribution in [0.4, 0.5) is 10.5 Å². The number of carbonyl (C=O) groups is 2. The molecular weight excluding hydrogens is 304 g/mol. The van der Waals surface area contributed by atoms with Crippen molar-refractivity contribution in [2.45, 2.75) is 32.2 Å². The normalized spacial score (nSPS) is 24.1. The topological polar surface area (TPSA) is 78.7 Å². The van der Waals surface area contributed by atoms with Crippen molar-refractivity contribution >= 4 is 17.6 Å². The van der Waals surface area contributed by atoms with Crippen molar-refractivity contribution in [1.82, 2.24) is 9.80 Å². The highest BCUT2D eigenvalue weighted by molar-refractivity contribution is 5.89. The van der Waals surface area contributed by atoms with Crippen LogP contribution >= 0.6 is 0 Å². The number of nitrogens with zero attached hydrogens (tertiary/aromatic N) is 2. The van der Waals surface area contributed by atoms with Crippen LogP contribution in [0, 0.1) is 12.8 Å². The van der Waals surface area contributed by atoms with Crippen LogP contribution in [-0.4, -0.2) is 54.0 Å². The lowest BCUT2D eigenvalue weighted by Gasteiger charge is -2.36. The molecule has 1 aliphatic carbocycles. The molecule has 1 saturated carbocycles. The van der Waals surface area contributed by atoms with Gasteiger partial charge in [-0.3, -0.25) is 4.79 Å². The van der Waals surface area contributed by atoms with Gasteiger partial charge in [-0.2, -0.15) is 0 Å². The molecule has 3 rings (SSSR count). The third-order valence-electron chi connectivity index (χ3n) is 4.97. The highest BCUT2D eigenvalue weighted by Gasteiger charge is 2.33. The first-order chi connectivity index (χ1) is 11.5. The number of anilines is 1. The molecule has 0 spiro atoms. The van der Waals surface area contributed by atoms with E-state index in [0.29, 0.717) is 26.2 Å². The molecule has 1 aromatic rings. The Bertz CT molecular complexity index is 611. The van der Waals surface area contributed by atoms with E-state index in [0.717, 1.165) is 30.5 Å².